The molecule has 7 heteroatoms. The van der Waals surface area contributed by atoms with Gasteiger partial charge in [0.2, 0.25) is 5.12 Å². The van der Waals surface area contributed by atoms with Crippen molar-refractivity contribution < 1.29 is 42.7 Å². The Balaban J connectivity index is 0. The number of rotatable bonds is 3. The molecule has 0 aliphatic rings. The molecule has 0 aromatic heterocycles. The molecule has 0 saturated heterocycles. The van der Waals surface area contributed by atoms with Gasteiger partial charge in [0.25, 0.3) is 0 Å². The third-order valence-electron chi connectivity index (χ3n) is 1.01. The lowest BCUT2D eigenvalue weighted by atomic mass is 10.6. The fraction of sp³-hybridized carbons (Fsp3) is 0.833. The molecule has 1 N–H and O–H groups in total. The third kappa shape index (κ3) is 15.4. The van der Waals surface area contributed by atoms with E-state index < -0.39 is 22.0 Å². The van der Waals surface area contributed by atoms with Crippen LogP contribution in [-0.4, -0.2) is 41.4 Å². The average molecular weight is 323 g/mol. The molecule has 80 valence electrons. The van der Waals surface area contributed by atoms with E-state index in [4.69, 9.17) is 12.0 Å². The van der Waals surface area contributed by atoms with Gasteiger partial charge >= 0.3 is 0 Å². The quantitative estimate of drug-likeness (QED) is 0.319. The smallest absolute Gasteiger partial charge is 0.242 e. The number of quaternary nitrogens is 1. The molecule has 5 nitrogen and oxygen atoms in total. The van der Waals surface area contributed by atoms with Crippen LogP contribution in [0.25, 0.3) is 0 Å². The normalized spacial score (nSPS) is 10.3. The van der Waals surface area contributed by atoms with Crippen molar-refractivity contribution in [2.75, 3.05) is 27.2 Å². The number of nitrogens with zero attached hydrogens (tertiary/aromatic N) is 1. The van der Waals surface area contributed by atoms with Gasteiger partial charge in [-0.1, -0.05) is 0 Å². The topological polar surface area (TPSA) is 83.4 Å². The van der Waals surface area contributed by atoms with Gasteiger partial charge in [0, 0.05) is 6.92 Å². The van der Waals surface area contributed by atoms with Crippen LogP contribution in [0.15, 0.2) is 0 Å². The summed E-state index contributed by atoms with van der Waals surface area (Å²) < 4.78 is 17.5. The summed E-state index contributed by atoms with van der Waals surface area (Å²) in [6.45, 7) is 2.25. The van der Waals surface area contributed by atoms with E-state index in [2.05, 4.69) is 0 Å². The Kier molecular flexibility index (Phi) is 11.3. The lowest BCUT2D eigenvalue weighted by Crippen LogP contribution is -3.77. The highest BCUT2D eigenvalue weighted by atomic mass is 127. The van der Waals surface area contributed by atoms with Crippen LogP contribution < -0.4 is 28.9 Å². The third-order valence-corrected chi connectivity index (χ3v) is 1.95. The Morgan fingerprint density at radius 3 is 2.15 bits per heavy atom. The fourth-order valence-electron chi connectivity index (χ4n) is 0.634. The van der Waals surface area contributed by atoms with Gasteiger partial charge in [-0.25, -0.2) is 0 Å². The second-order valence-corrected chi connectivity index (χ2v) is 4.77. The van der Waals surface area contributed by atoms with Crippen LogP contribution in [0.3, 0.4) is 0 Å². The SMILES string of the molecule is CC(=O)S[N+](C)(C)CCO.[O-][I+][O-]. The van der Waals surface area contributed by atoms with E-state index in [1.54, 1.807) is 0 Å². The molecule has 0 unspecified atom stereocenters. The van der Waals surface area contributed by atoms with Gasteiger partial charge in [-0.05, 0) is 0 Å². The second-order valence-electron chi connectivity index (χ2n) is 2.67. The van der Waals surface area contributed by atoms with E-state index in [0.717, 1.165) is 0 Å². The molecule has 0 aliphatic heterocycles. The molecule has 0 fully saturated rings. The van der Waals surface area contributed by atoms with Gasteiger partial charge in [-0.15, -0.1) is 0 Å². The van der Waals surface area contributed by atoms with Crippen LogP contribution in [-0.2, 0) is 4.79 Å². The number of carbonyl (C=O) groups is 1. The molecule has 0 spiro atoms. The monoisotopic (exact) mass is 323 g/mol. The van der Waals surface area contributed by atoms with E-state index in [-0.39, 0.29) is 11.7 Å². The Labute approximate surface area is 93.8 Å². The van der Waals surface area contributed by atoms with E-state index in [0.29, 0.717) is 10.4 Å². The molecule has 0 bridgehead atoms. The highest BCUT2D eigenvalue weighted by molar-refractivity contribution is 8.08. The van der Waals surface area contributed by atoms with Crippen molar-refractivity contribution in [2.24, 2.45) is 0 Å². The summed E-state index contributed by atoms with van der Waals surface area (Å²) in [4.78, 5) is 10.6. The standard InChI is InChI=1S/C6H14NO2S.IO2/c1-6(9)10-7(2,3)4-5-8;2-1-3/h8H,4-5H2,1-3H3;/q+1;-1. The van der Waals surface area contributed by atoms with E-state index in [9.17, 15) is 4.79 Å². The average Bonchev–Trinajstić information content (AvgIpc) is 1.84. The number of carbonyl (C=O) groups excluding carboxylic acids is 1. The van der Waals surface area contributed by atoms with Crippen molar-refractivity contribution in [3.05, 3.63) is 0 Å². The van der Waals surface area contributed by atoms with Crippen LogP contribution in [0.1, 0.15) is 6.92 Å². The Morgan fingerprint density at radius 1 is 1.54 bits per heavy atom. The number of hydrogen-bond acceptors (Lipinski definition) is 5. The minimum Gasteiger partial charge on any atom is -0.599 e. The van der Waals surface area contributed by atoms with Crippen molar-refractivity contribution in [1.29, 1.82) is 0 Å². The zero-order chi connectivity index (χ0) is 10.9. The molecule has 0 amide bonds. The van der Waals surface area contributed by atoms with Crippen LogP contribution in [0, 0.1) is 0 Å². The molecular formula is C6H14INO4S. The first-order valence-electron chi connectivity index (χ1n) is 3.43. The Morgan fingerprint density at radius 2 is 1.92 bits per heavy atom. The maximum absolute atomic E-state index is 10.6. The molecule has 0 aromatic rings. The van der Waals surface area contributed by atoms with E-state index in [1.807, 2.05) is 14.1 Å². The van der Waals surface area contributed by atoms with Crippen molar-refractivity contribution >= 4 is 17.1 Å². The molecule has 0 aromatic carbocycles. The summed E-state index contributed by atoms with van der Waals surface area (Å²) in [6.07, 6.45) is 0. The van der Waals surface area contributed by atoms with Crippen molar-refractivity contribution in [2.45, 2.75) is 6.92 Å². The zero-order valence-corrected chi connectivity index (χ0v) is 10.8. The predicted octanol–water partition coefficient (Wildman–Crippen LogP) is -5.12. The minimum absolute atomic E-state index is 0.0819. The van der Waals surface area contributed by atoms with Gasteiger partial charge < -0.3 is 12.0 Å². The molecule has 0 aliphatic carbocycles. The summed E-state index contributed by atoms with van der Waals surface area (Å²) in [5, 5.41) is 8.66. The van der Waals surface area contributed by atoms with Crippen molar-refractivity contribution in [1.82, 2.24) is 0 Å². The summed E-state index contributed by atoms with van der Waals surface area (Å²) in [5.41, 5.74) is 0. The number of hydrogen-bond donors (Lipinski definition) is 1. The van der Waals surface area contributed by atoms with Gasteiger partial charge in [0.15, 0.2) is 34.0 Å². The summed E-state index contributed by atoms with van der Waals surface area (Å²) in [5.74, 6) is 0. The Hall–Kier alpha value is 0.590. The minimum atomic E-state index is -1.91. The summed E-state index contributed by atoms with van der Waals surface area (Å²) >= 11 is -0.690. The molecule has 0 radical (unpaired) electrons. The number of aliphatic hydroxyl groups excluding tert-OH is 1. The lowest BCUT2D eigenvalue weighted by Gasteiger charge is -2.23. The van der Waals surface area contributed by atoms with Crippen molar-refractivity contribution in [3.63, 3.8) is 0 Å². The number of halogens is 1. The molecule has 0 rings (SSSR count). The Bertz CT molecular complexity index is 145. The summed E-state index contributed by atoms with van der Waals surface area (Å²) in [7, 11) is 3.78. The van der Waals surface area contributed by atoms with Crippen LogP contribution in [0.5, 0.6) is 0 Å². The molecule has 0 heterocycles. The maximum atomic E-state index is 10.6. The zero-order valence-electron chi connectivity index (χ0n) is 7.82. The number of aliphatic hydroxyl groups is 1. The first-order valence-corrected chi connectivity index (χ1v) is 5.96. The molecule has 0 saturated carbocycles. The first kappa shape index (κ1) is 16.0. The van der Waals surface area contributed by atoms with E-state index in [1.165, 1.54) is 18.9 Å². The number of likely N-dealkylation sites (N-methyl/N-ethyl adjacent to an activating group) is 1. The van der Waals surface area contributed by atoms with Gasteiger partial charge in [-0.3, -0.25) is 8.68 Å². The highest BCUT2D eigenvalue weighted by Gasteiger charge is 2.18. The molecular weight excluding hydrogens is 309 g/mol. The highest BCUT2D eigenvalue weighted by Crippen LogP contribution is 2.15. The fourth-order valence-corrected chi connectivity index (χ4v) is 1.50. The van der Waals surface area contributed by atoms with Gasteiger partial charge in [0.1, 0.15) is 6.54 Å². The maximum Gasteiger partial charge on any atom is 0.242 e. The predicted molar refractivity (Wildman–Crippen MR) is 42.3 cm³/mol. The van der Waals surface area contributed by atoms with Gasteiger partial charge in [0.05, 0.1) is 20.7 Å². The molecule has 0 atom stereocenters. The second kappa shape index (κ2) is 9.16. The van der Waals surface area contributed by atoms with Crippen LogP contribution in [0.2, 0.25) is 0 Å². The first-order chi connectivity index (χ1) is 5.89. The van der Waals surface area contributed by atoms with Gasteiger partial charge in [-0.2, -0.15) is 0 Å². The largest absolute Gasteiger partial charge is 0.599 e. The molecule has 13 heavy (non-hydrogen) atoms. The van der Waals surface area contributed by atoms with E-state index >= 15 is 0 Å². The van der Waals surface area contributed by atoms with Crippen LogP contribution in [0.4, 0.5) is 0 Å². The van der Waals surface area contributed by atoms with Crippen molar-refractivity contribution in [3.8, 4) is 0 Å². The van der Waals surface area contributed by atoms with Crippen LogP contribution >= 0.6 is 11.9 Å². The lowest BCUT2D eigenvalue weighted by molar-refractivity contribution is -1.41. The summed E-state index contributed by atoms with van der Waals surface area (Å²) in [6, 6.07) is 0.